The number of amides is 2. The van der Waals surface area contributed by atoms with Gasteiger partial charge >= 0.3 is 0 Å². The standard InChI is InChI=1S/C17H24N2O3S/c1-10-8-14(19-16(21)12-4-5-12)23-15(10)17(22)18-13-6-2-11(9-20)3-7-13/h8,11-13,20H,2-7,9H2,1H3,(H,18,22)(H,19,21). The first kappa shape index (κ1) is 16.5. The zero-order valence-corrected chi connectivity index (χ0v) is 14.2. The summed E-state index contributed by atoms with van der Waals surface area (Å²) < 4.78 is 0. The highest BCUT2D eigenvalue weighted by molar-refractivity contribution is 7.18. The Morgan fingerprint density at radius 3 is 2.52 bits per heavy atom. The lowest BCUT2D eigenvalue weighted by atomic mass is 9.86. The summed E-state index contributed by atoms with van der Waals surface area (Å²) in [5.41, 5.74) is 0.905. The molecule has 5 nitrogen and oxygen atoms in total. The average molecular weight is 336 g/mol. The third kappa shape index (κ3) is 4.12. The lowest BCUT2D eigenvalue weighted by molar-refractivity contribution is -0.117. The summed E-state index contributed by atoms with van der Waals surface area (Å²) in [4.78, 5) is 25.0. The molecule has 0 saturated heterocycles. The fourth-order valence-corrected chi connectivity index (χ4v) is 4.06. The van der Waals surface area contributed by atoms with Crippen molar-refractivity contribution in [3.8, 4) is 0 Å². The van der Waals surface area contributed by atoms with Crippen LogP contribution in [0.15, 0.2) is 6.07 Å². The van der Waals surface area contributed by atoms with Crippen LogP contribution in [0, 0.1) is 18.8 Å². The fourth-order valence-electron chi connectivity index (χ4n) is 3.08. The summed E-state index contributed by atoms with van der Waals surface area (Å²) in [6, 6.07) is 2.07. The van der Waals surface area contributed by atoms with Crippen LogP contribution in [0.4, 0.5) is 5.00 Å². The van der Waals surface area contributed by atoms with Crippen molar-refractivity contribution in [1.29, 1.82) is 0 Å². The summed E-state index contributed by atoms with van der Waals surface area (Å²) >= 11 is 1.35. The maximum absolute atomic E-state index is 12.5. The van der Waals surface area contributed by atoms with Crippen molar-refractivity contribution in [2.24, 2.45) is 11.8 Å². The molecule has 2 aliphatic rings. The maximum Gasteiger partial charge on any atom is 0.261 e. The van der Waals surface area contributed by atoms with Crippen molar-refractivity contribution in [3.63, 3.8) is 0 Å². The zero-order valence-electron chi connectivity index (χ0n) is 13.4. The van der Waals surface area contributed by atoms with E-state index in [1.165, 1.54) is 11.3 Å². The number of anilines is 1. The van der Waals surface area contributed by atoms with Gasteiger partial charge in [-0.15, -0.1) is 11.3 Å². The number of rotatable bonds is 5. The van der Waals surface area contributed by atoms with E-state index in [1.807, 2.05) is 13.0 Å². The number of carbonyl (C=O) groups excluding carboxylic acids is 2. The molecule has 0 aromatic carbocycles. The van der Waals surface area contributed by atoms with Gasteiger partial charge < -0.3 is 15.7 Å². The van der Waals surface area contributed by atoms with Crippen molar-refractivity contribution in [1.82, 2.24) is 5.32 Å². The predicted octanol–water partition coefficient (Wildman–Crippen LogP) is 2.69. The summed E-state index contributed by atoms with van der Waals surface area (Å²) in [6.07, 6.45) is 5.72. The molecule has 3 N–H and O–H groups in total. The topological polar surface area (TPSA) is 78.4 Å². The predicted molar refractivity (Wildman–Crippen MR) is 90.7 cm³/mol. The molecule has 0 bridgehead atoms. The normalized spacial score (nSPS) is 24.3. The lowest BCUT2D eigenvalue weighted by Crippen LogP contribution is -2.38. The molecule has 1 aromatic rings. The first-order chi connectivity index (χ1) is 11.1. The highest BCUT2D eigenvalue weighted by Crippen LogP contribution is 2.33. The Morgan fingerprint density at radius 2 is 1.91 bits per heavy atom. The second kappa shape index (κ2) is 7.01. The molecule has 6 heteroatoms. The van der Waals surface area contributed by atoms with Gasteiger partial charge in [-0.2, -0.15) is 0 Å². The van der Waals surface area contributed by atoms with Gasteiger partial charge in [0.1, 0.15) is 0 Å². The van der Waals surface area contributed by atoms with Crippen molar-refractivity contribution < 1.29 is 14.7 Å². The van der Waals surface area contributed by atoms with Gasteiger partial charge in [0.15, 0.2) is 0 Å². The SMILES string of the molecule is Cc1cc(NC(=O)C2CC2)sc1C(=O)NC1CCC(CO)CC1. The van der Waals surface area contributed by atoms with E-state index in [9.17, 15) is 14.7 Å². The zero-order chi connectivity index (χ0) is 16.4. The van der Waals surface area contributed by atoms with Crippen LogP contribution in [0.1, 0.15) is 53.8 Å². The molecule has 2 aliphatic carbocycles. The Labute approximate surface area is 140 Å². The molecule has 0 atom stereocenters. The van der Waals surface area contributed by atoms with Gasteiger partial charge in [-0.3, -0.25) is 9.59 Å². The largest absolute Gasteiger partial charge is 0.396 e. The van der Waals surface area contributed by atoms with Gasteiger partial charge in [0.2, 0.25) is 5.91 Å². The summed E-state index contributed by atoms with van der Waals surface area (Å²) in [6.45, 7) is 2.15. The molecule has 2 fully saturated rings. The smallest absolute Gasteiger partial charge is 0.261 e. The minimum absolute atomic E-state index is 0.0492. The van der Waals surface area contributed by atoms with Crippen LogP contribution in [-0.2, 0) is 4.79 Å². The third-order valence-corrected chi connectivity index (χ3v) is 5.91. The summed E-state index contributed by atoms with van der Waals surface area (Å²) in [7, 11) is 0. The number of aliphatic hydroxyl groups is 1. The van der Waals surface area contributed by atoms with Crippen LogP contribution in [-0.4, -0.2) is 29.6 Å². The van der Waals surface area contributed by atoms with Crippen molar-refractivity contribution in [2.75, 3.05) is 11.9 Å². The highest BCUT2D eigenvalue weighted by Gasteiger charge is 2.30. The van der Waals surface area contributed by atoms with Crippen LogP contribution < -0.4 is 10.6 Å². The maximum atomic E-state index is 12.5. The third-order valence-electron chi connectivity index (χ3n) is 4.76. The molecule has 0 unspecified atom stereocenters. The van der Waals surface area contributed by atoms with E-state index in [0.717, 1.165) is 49.1 Å². The highest BCUT2D eigenvalue weighted by atomic mass is 32.1. The Morgan fingerprint density at radius 1 is 1.22 bits per heavy atom. The van der Waals surface area contributed by atoms with Gasteiger partial charge in [0.05, 0.1) is 9.88 Å². The van der Waals surface area contributed by atoms with Crippen molar-refractivity contribution >= 4 is 28.2 Å². The van der Waals surface area contributed by atoms with Crippen molar-refractivity contribution in [2.45, 2.75) is 51.5 Å². The quantitative estimate of drug-likeness (QED) is 0.773. The number of aryl methyl sites for hydroxylation is 1. The first-order valence-electron chi connectivity index (χ1n) is 8.40. The van der Waals surface area contributed by atoms with Crippen LogP contribution in [0.3, 0.4) is 0 Å². The Hall–Kier alpha value is -1.40. The van der Waals surface area contributed by atoms with Gasteiger partial charge in [0, 0.05) is 18.6 Å². The molecule has 23 heavy (non-hydrogen) atoms. The van der Waals surface area contributed by atoms with Crippen LogP contribution in [0.5, 0.6) is 0 Å². The van der Waals surface area contributed by atoms with Gasteiger partial charge in [-0.1, -0.05) is 0 Å². The molecule has 1 heterocycles. The fraction of sp³-hybridized carbons (Fsp3) is 0.647. The van der Waals surface area contributed by atoms with Gasteiger partial charge in [-0.25, -0.2) is 0 Å². The van der Waals surface area contributed by atoms with E-state index in [-0.39, 0.29) is 30.4 Å². The monoisotopic (exact) mass is 336 g/mol. The second-order valence-electron chi connectivity index (χ2n) is 6.76. The van der Waals surface area contributed by atoms with E-state index in [4.69, 9.17) is 0 Å². The molecule has 126 valence electrons. The van der Waals surface area contributed by atoms with Crippen molar-refractivity contribution in [3.05, 3.63) is 16.5 Å². The first-order valence-corrected chi connectivity index (χ1v) is 9.21. The second-order valence-corrected chi connectivity index (χ2v) is 7.81. The number of aliphatic hydroxyl groups excluding tert-OH is 1. The minimum Gasteiger partial charge on any atom is -0.396 e. The Kier molecular flexibility index (Phi) is 5.02. The molecular weight excluding hydrogens is 312 g/mol. The van der Waals surface area contributed by atoms with Crippen LogP contribution >= 0.6 is 11.3 Å². The van der Waals surface area contributed by atoms with E-state index >= 15 is 0 Å². The van der Waals surface area contributed by atoms with E-state index < -0.39 is 0 Å². The molecule has 0 radical (unpaired) electrons. The molecule has 3 rings (SSSR count). The molecule has 0 spiro atoms. The van der Waals surface area contributed by atoms with Gasteiger partial charge in [-0.05, 0) is 63.0 Å². The molecule has 2 amide bonds. The molecule has 2 saturated carbocycles. The van der Waals surface area contributed by atoms with E-state index in [1.54, 1.807) is 0 Å². The minimum atomic E-state index is -0.0492. The number of hydrogen-bond acceptors (Lipinski definition) is 4. The lowest BCUT2D eigenvalue weighted by Gasteiger charge is -2.27. The van der Waals surface area contributed by atoms with E-state index in [0.29, 0.717) is 10.8 Å². The van der Waals surface area contributed by atoms with E-state index in [2.05, 4.69) is 10.6 Å². The number of thiophene rings is 1. The Balaban J connectivity index is 1.56. The average Bonchev–Trinajstić information content (AvgIpc) is 3.32. The summed E-state index contributed by atoms with van der Waals surface area (Å²) in [5.74, 6) is 0.569. The number of carbonyl (C=O) groups is 2. The number of hydrogen-bond donors (Lipinski definition) is 3. The van der Waals surface area contributed by atoms with Crippen LogP contribution in [0.2, 0.25) is 0 Å². The Bertz CT molecular complexity index is 587. The van der Waals surface area contributed by atoms with Crippen LogP contribution in [0.25, 0.3) is 0 Å². The molecule has 0 aliphatic heterocycles. The number of nitrogens with one attached hydrogen (secondary N) is 2. The molecular formula is C17H24N2O3S. The molecule has 1 aromatic heterocycles. The summed E-state index contributed by atoms with van der Waals surface area (Å²) in [5, 5.41) is 15.9. The van der Waals surface area contributed by atoms with Gasteiger partial charge in [0.25, 0.3) is 5.91 Å².